The topological polar surface area (TPSA) is 182 Å². The Morgan fingerprint density at radius 2 is 2.16 bits per heavy atom. The first kappa shape index (κ1) is 14.4. The first-order valence-corrected chi connectivity index (χ1v) is 6.86. The van der Waals surface area contributed by atoms with Gasteiger partial charge >= 0.3 is 7.60 Å². The first-order valence-electron chi connectivity index (χ1n) is 5.25. The van der Waals surface area contributed by atoms with Crippen molar-refractivity contribution in [3.05, 3.63) is 12.0 Å². The Morgan fingerprint density at radius 1 is 1.53 bits per heavy atom. The Balaban J connectivity index is 2.58. The lowest BCUT2D eigenvalue weighted by atomic mass is 10.1. The van der Waals surface area contributed by atoms with Crippen LogP contribution in [0.5, 0.6) is 0 Å². The minimum Gasteiger partial charge on any atom is -0.394 e. The van der Waals surface area contributed by atoms with E-state index in [1.54, 1.807) is 0 Å². The lowest BCUT2D eigenvalue weighted by Crippen LogP contribution is -2.41. The summed E-state index contributed by atoms with van der Waals surface area (Å²) in [4.78, 5) is 24.9. The molecule has 108 valence electrons. The summed E-state index contributed by atoms with van der Waals surface area (Å²) in [5.41, 5.74) is 5.38. The van der Waals surface area contributed by atoms with Gasteiger partial charge in [0.05, 0.1) is 12.8 Å². The van der Waals surface area contributed by atoms with Crippen molar-refractivity contribution in [1.29, 1.82) is 0 Å². The Hall–Kier alpha value is -1.00. The van der Waals surface area contributed by atoms with Crippen LogP contribution in [0.15, 0.2) is 6.20 Å². The van der Waals surface area contributed by atoms with Gasteiger partial charge in [0.15, 0.2) is 5.82 Å². The number of aromatic amines is 1. The highest BCUT2D eigenvalue weighted by Crippen LogP contribution is 2.62. The number of aromatic nitrogens is 2. The number of hydrogen-bond acceptors (Lipinski definition) is 7. The second-order valence-corrected chi connectivity index (χ2v) is 5.95. The molecule has 0 bridgehead atoms. The summed E-state index contributed by atoms with van der Waals surface area (Å²) in [6, 6.07) is 0. The second kappa shape index (κ2) is 4.53. The maximum atomic E-state index is 11.7. The van der Waals surface area contributed by atoms with Crippen molar-refractivity contribution < 1.29 is 34.4 Å². The maximum absolute atomic E-state index is 11.7. The fourth-order valence-electron chi connectivity index (χ4n) is 2.04. The summed E-state index contributed by atoms with van der Waals surface area (Å²) in [7, 11) is -5.09. The van der Waals surface area contributed by atoms with Crippen LogP contribution in [0, 0.1) is 0 Å². The lowest BCUT2D eigenvalue weighted by Gasteiger charge is -2.30. The van der Waals surface area contributed by atoms with E-state index in [0.717, 1.165) is 6.20 Å². The van der Waals surface area contributed by atoms with Crippen molar-refractivity contribution in [3.63, 3.8) is 0 Å². The van der Waals surface area contributed by atoms with Gasteiger partial charge < -0.3 is 40.6 Å². The molecule has 1 saturated heterocycles. The highest BCUT2D eigenvalue weighted by atomic mass is 31.2. The van der Waals surface area contributed by atoms with Crippen LogP contribution in [0.25, 0.3) is 0 Å². The third-order valence-electron chi connectivity index (χ3n) is 2.98. The molecule has 4 atom stereocenters. The predicted molar refractivity (Wildman–Crippen MR) is 60.7 cm³/mol. The Bertz CT molecular complexity index is 516. The highest BCUT2D eigenvalue weighted by molar-refractivity contribution is 7.53. The van der Waals surface area contributed by atoms with Crippen LogP contribution in [0.4, 0.5) is 5.82 Å². The zero-order valence-electron chi connectivity index (χ0n) is 9.54. The molecule has 0 amide bonds. The number of nitrogens with one attached hydrogen (secondary N) is 1. The van der Waals surface area contributed by atoms with Gasteiger partial charge in [0.1, 0.15) is 24.1 Å². The van der Waals surface area contributed by atoms with E-state index < -0.39 is 43.7 Å². The minimum atomic E-state index is -5.09. The number of ether oxygens (including phenoxy) is 1. The molecule has 0 spiro atoms. The van der Waals surface area contributed by atoms with Gasteiger partial charge in [-0.1, -0.05) is 0 Å². The number of nitrogens with zero attached hydrogens (tertiary/aromatic N) is 1. The van der Waals surface area contributed by atoms with Crippen molar-refractivity contribution in [2.45, 2.75) is 23.7 Å². The summed E-state index contributed by atoms with van der Waals surface area (Å²) >= 11 is 0. The van der Waals surface area contributed by atoms with Crippen LogP contribution < -0.4 is 5.73 Å². The minimum absolute atomic E-state index is 0.000522. The van der Waals surface area contributed by atoms with Crippen LogP contribution >= 0.6 is 7.60 Å². The van der Waals surface area contributed by atoms with Gasteiger partial charge in [-0.15, -0.1) is 0 Å². The van der Waals surface area contributed by atoms with Crippen LogP contribution in [0.2, 0.25) is 0 Å². The number of H-pyrrole nitrogens is 1. The molecule has 1 aromatic rings. The van der Waals surface area contributed by atoms with Crippen molar-refractivity contribution >= 4 is 13.4 Å². The molecule has 1 unspecified atom stereocenters. The van der Waals surface area contributed by atoms with E-state index in [4.69, 9.17) is 15.6 Å². The summed E-state index contributed by atoms with van der Waals surface area (Å²) in [6.07, 6.45) is -3.92. The summed E-state index contributed by atoms with van der Waals surface area (Å²) in [5.74, 6) is -0.415. The molecule has 1 aliphatic rings. The molecule has 0 saturated carbocycles. The van der Waals surface area contributed by atoms with E-state index in [0.29, 0.717) is 0 Å². The van der Waals surface area contributed by atoms with Gasteiger partial charge in [0, 0.05) is 0 Å². The fraction of sp³-hybridized carbons (Fsp3) is 0.625. The number of hydrogen-bond donors (Lipinski definition) is 7. The van der Waals surface area contributed by atoms with Gasteiger partial charge in [-0.3, -0.25) is 4.57 Å². The monoisotopic (exact) mass is 295 g/mol. The molecule has 8 N–H and O–H groups in total. The maximum Gasteiger partial charge on any atom is 0.367 e. The molecule has 0 radical (unpaired) electrons. The number of aliphatic hydroxyl groups excluding tert-OH is 3. The molecule has 1 aliphatic heterocycles. The molecular weight excluding hydrogens is 281 g/mol. The molecule has 1 aromatic heterocycles. The van der Waals surface area contributed by atoms with E-state index in [9.17, 15) is 24.6 Å². The predicted octanol–water partition coefficient (Wildman–Crippen LogP) is -2.56. The zero-order valence-corrected chi connectivity index (χ0v) is 10.4. The van der Waals surface area contributed by atoms with E-state index in [-0.39, 0.29) is 5.82 Å². The van der Waals surface area contributed by atoms with E-state index in [1.807, 2.05) is 0 Å². The number of imidazole rings is 1. The average molecular weight is 295 g/mol. The molecule has 1 fully saturated rings. The molecule has 2 rings (SSSR count). The normalized spacial score (nSPS) is 35.7. The van der Waals surface area contributed by atoms with Crippen molar-refractivity contribution in [2.75, 3.05) is 12.3 Å². The van der Waals surface area contributed by atoms with Crippen molar-refractivity contribution in [3.8, 4) is 0 Å². The van der Waals surface area contributed by atoms with Crippen molar-refractivity contribution in [1.82, 2.24) is 9.97 Å². The van der Waals surface area contributed by atoms with Crippen LogP contribution in [0.3, 0.4) is 0 Å². The fourth-order valence-corrected chi connectivity index (χ4v) is 3.20. The van der Waals surface area contributed by atoms with Gasteiger partial charge in [0.25, 0.3) is 5.34 Å². The Labute approximate surface area is 107 Å². The van der Waals surface area contributed by atoms with E-state index in [2.05, 4.69) is 9.97 Å². The van der Waals surface area contributed by atoms with Crippen LogP contribution in [0.1, 0.15) is 5.82 Å². The highest BCUT2D eigenvalue weighted by Gasteiger charge is 2.66. The van der Waals surface area contributed by atoms with Crippen molar-refractivity contribution in [2.24, 2.45) is 0 Å². The smallest absolute Gasteiger partial charge is 0.367 e. The van der Waals surface area contributed by atoms with E-state index >= 15 is 0 Å². The largest absolute Gasteiger partial charge is 0.394 e. The van der Waals surface area contributed by atoms with Gasteiger partial charge in [-0.25, -0.2) is 4.98 Å². The molecule has 19 heavy (non-hydrogen) atoms. The molecule has 0 aliphatic carbocycles. The number of anilines is 1. The SMILES string of the molecule is Nc1cnc(C2(P(=O)(O)O)O[C@H](CO)[C@@H](O)[C@H]2O)[nH]1. The molecule has 10 nitrogen and oxygen atoms in total. The number of aliphatic hydroxyl groups is 3. The lowest BCUT2D eigenvalue weighted by molar-refractivity contribution is -0.0617. The number of nitrogens with two attached hydrogens (primary N) is 1. The Kier molecular flexibility index (Phi) is 3.43. The molecule has 11 heteroatoms. The molecular formula is C8H14N3O7P. The van der Waals surface area contributed by atoms with Gasteiger partial charge in [-0.05, 0) is 0 Å². The summed E-state index contributed by atoms with van der Waals surface area (Å²) in [6.45, 7) is -0.726. The van der Waals surface area contributed by atoms with Crippen LogP contribution in [-0.4, -0.2) is 60.0 Å². The summed E-state index contributed by atoms with van der Waals surface area (Å²) < 4.78 is 16.7. The van der Waals surface area contributed by atoms with Gasteiger partial charge in [-0.2, -0.15) is 0 Å². The third-order valence-corrected chi connectivity index (χ3v) is 4.43. The third kappa shape index (κ3) is 1.98. The first-order chi connectivity index (χ1) is 8.74. The summed E-state index contributed by atoms with van der Waals surface area (Å²) in [5, 5.41) is 26.0. The van der Waals surface area contributed by atoms with Gasteiger partial charge in [0.2, 0.25) is 0 Å². The quantitative estimate of drug-likeness (QED) is 0.295. The zero-order chi connectivity index (χ0) is 14.4. The number of rotatable bonds is 3. The standard InChI is InChI=1S/C8H14N3O7P/c9-4-1-10-7(11-4)8(19(15,16)17)6(14)5(13)3(2-12)18-8/h1,3,5-6,12-14H,2,9H2,(H,10,11)(H2,15,16,17)/t3-,5-,6-,8?/m1/s1. The average Bonchev–Trinajstić information content (AvgIpc) is 2.84. The Morgan fingerprint density at radius 3 is 2.53 bits per heavy atom. The second-order valence-electron chi connectivity index (χ2n) is 4.20. The molecule has 0 aromatic carbocycles. The number of nitrogen functional groups attached to an aromatic ring is 1. The molecule has 2 heterocycles. The van der Waals surface area contributed by atoms with E-state index in [1.165, 1.54) is 0 Å². The van der Waals surface area contributed by atoms with Crippen LogP contribution in [-0.2, 0) is 14.6 Å².